The number of nitro benzene ring substituents is 3. The van der Waals surface area contributed by atoms with Crippen LogP contribution in [0.2, 0.25) is 0 Å². The fourth-order valence-electron chi connectivity index (χ4n) is 3.30. The lowest BCUT2D eigenvalue weighted by Gasteiger charge is -2.12. The van der Waals surface area contributed by atoms with Gasteiger partial charge in [-0.25, -0.2) is 0 Å². The van der Waals surface area contributed by atoms with E-state index in [-0.39, 0.29) is 28.6 Å². The zero-order chi connectivity index (χ0) is 26.7. The van der Waals surface area contributed by atoms with Gasteiger partial charge in [-0.2, -0.15) is 0 Å². The molecule has 186 valence electrons. The summed E-state index contributed by atoms with van der Waals surface area (Å²) in [6.07, 6.45) is 1.50. The summed E-state index contributed by atoms with van der Waals surface area (Å²) in [5, 5.41) is 32.5. The maximum absolute atomic E-state index is 12.8. The summed E-state index contributed by atoms with van der Waals surface area (Å²) in [7, 11) is 0. The molecule has 0 N–H and O–H groups in total. The number of carbonyl (C=O) groups is 2. The zero-order valence-corrected chi connectivity index (χ0v) is 19.3. The molecular weight excluding hydrogens is 508 g/mol. The molecular formula is C23H14N4O9S. The number of benzene rings is 3. The molecule has 0 aromatic heterocycles. The van der Waals surface area contributed by atoms with E-state index in [2.05, 4.69) is 0 Å². The van der Waals surface area contributed by atoms with Crippen molar-refractivity contribution in [2.45, 2.75) is 6.54 Å². The van der Waals surface area contributed by atoms with E-state index in [1.807, 2.05) is 0 Å². The highest BCUT2D eigenvalue weighted by Crippen LogP contribution is 2.36. The van der Waals surface area contributed by atoms with E-state index in [4.69, 9.17) is 4.74 Å². The van der Waals surface area contributed by atoms with Crippen molar-refractivity contribution in [3.8, 4) is 11.5 Å². The van der Waals surface area contributed by atoms with Crippen LogP contribution >= 0.6 is 11.8 Å². The van der Waals surface area contributed by atoms with Gasteiger partial charge < -0.3 is 4.74 Å². The van der Waals surface area contributed by atoms with E-state index in [1.54, 1.807) is 12.1 Å². The highest BCUT2D eigenvalue weighted by Gasteiger charge is 2.35. The minimum Gasteiger partial charge on any atom is -0.450 e. The average Bonchev–Trinajstić information content (AvgIpc) is 3.12. The summed E-state index contributed by atoms with van der Waals surface area (Å²) in [6, 6.07) is 14.6. The molecule has 1 fully saturated rings. The highest BCUT2D eigenvalue weighted by molar-refractivity contribution is 8.18. The number of ether oxygens (including phenoxy) is 1. The summed E-state index contributed by atoms with van der Waals surface area (Å²) < 4.78 is 5.51. The number of carbonyl (C=O) groups excluding carboxylic acids is 2. The van der Waals surface area contributed by atoms with Gasteiger partial charge in [-0.1, -0.05) is 24.3 Å². The SMILES string of the molecule is O=C1S/C(=C/c2ccc(Oc3ccc([N+](=O)[O-])cc3[N+](=O)[O-])cc2)C(=O)N1Cc1ccc([N+](=O)[O-])cc1. The third-order valence-electron chi connectivity index (χ3n) is 5.12. The van der Waals surface area contributed by atoms with Gasteiger partial charge in [0.2, 0.25) is 5.75 Å². The Morgan fingerprint density at radius 2 is 1.43 bits per heavy atom. The standard InChI is InChI=1S/C23H14N4O9S/c28-22-21(37-23(29)24(22)13-15-1-5-16(6-2-15)25(30)31)11-14-3-8-18(9-4-14)36-20-10-7-17(26(32)33)12-19(20)27(34)35/h1-12H,13H2/b21-11+. The Kier molecular flexibility index (Phi) is 6.92. The molecule has 3 aromatic carbocycles. The summed E-state index contributed by atoms with van der Waals surface area (Å²) in [5.74, 6) is -0.494. The molecule has 2 amide bonds. The Labute approximate surface area is 211 Å². The number of nitro groups is 3. The molecule has 4 rings (SSSR count). The molecule has 1 aliphatic rings. The minimum absolute atomic E-state index is 0.0409. The molecule has 0 spiro atoms. The van der Waals surface area contributed by atoms with E-state index < -0.39 is 37.3 Å². The molecule has 14 heteroatoms. The van der Waals surface area contributed by atoms with Gasteiger partial charge in [0.05, 0.1) is 32.3 Å². The number of amides is 2. The fraction of sp³-hybridized carbons (Fsp3) is 0.0435. The maximum atomic E-state index is 12.8. The first-order valence-electron chi connectivity index (χ1n) is 10.3. The van der Waals surface area contributed by atoms with Crippen LogP contribution in [0.3, 0.4) is 0 Å². The second kappa shape index (κ2) is 10.2. The maximum Gasteiger partial charge on any atom is 0.318 e. The van der Waals surface area contributed by atoms with Crippen LogP contribution in [0.4, 0.5) is 21.9 Å². The molecule has 1 heterocycles. The summed E-state index contributed by atoms with van der Waals surface area (Å²) >= 11 is 0.749. The molecule has 0 saturated carbocycles. The van der Waals surface area contributed by atoms with Crippen molar-refractivity contribution in [2.24, 2.45) is 0 Å². The molecule has 3 aromatic rings. The van der Waals surface area contributed by atoms with Crippen molar-refractivity contribution in [1.82, 2.24) is 4.90 Å². The van der Waals surface area contributed by atoms with Crippen molar-refractivity contribution < 1.29 is 29.1 Å². The molecule has 0 atom stereocenters. The van der Waals surface area contributed by atoms with Crippen LogP contribution in [0.5, 0.6) is 11.5 Å². The van der Waals surface area contributed by atoms with Crippen LogP contribution in [0.25, 0.3) is 6.08 Å². The lowest BCUT2D eigenvalue weighted by molar-refractivity contribution is -0.394. The van der Waals surface area contributed by atoms with Crippen molar-refractivity contribution in [2.75, 3.05) is 0 Å². The smallest absolute Gasteiger partial charge is 0.318 e. The predicted molar refractivity (Wildman–Crippen MR) is 131 cm³/mol. The number of hydrogen-bond donors (Lipinski definition) is 0. The Morgan fingerprint density at radius 3 is 2.03 bits per heavy atom. The lowest BCUT2D eigenvalue weighted by atomic mass is 10.2. The number of rotatable bonds is 8. The first-order valence-corrected chi connectivity index (χ1v) is 11.1. The molecule has 0 aliphatic carbocycles. The third-order valence-corrected chi connectivity index (χ3v) is 6.02. The van der Waals surface area contributed by atoms with Crippen molar-refractivity contribution >= 4 is 46.0 Å². The van der Waals surface area contributed by atoms with Crippen LogP contribution in [-0.2, 0) is 11.3 Å². The minimum atomic E-state index is -0.788. The van der Waals surface area contributed by atoms with Crippen molar-refractivity contribution in [1.29, 1.82) is 0 Å². The zero-order valence-electron chi connectivity index (χ0n) is 18.5. The molecule has 0 radical (unpaired) electrons. The average molecular weight is 522 g/mol. The quantitative estimate of drug-likeness (QED) is 0.210. The first kappa shape index (κ1) is 25.0. The molecule has 0 unspecified atom stereocenters. The molecule has 1 saturated heterocycles. The van der Waals surface area contributed by atoms with Gasteiger partial charge in [0.15, 0.2) is 0 Å². The van der Waals surface area contributed by atoms with E-state index in [1.165, 1.54) is 42.5 Å². The van der Waals surface area contributed by atoms with Crippen molar-refractivity contribution in [3.63, 3.8) is 0 Å². The Balaban J connectivity index is 1.47. The largest absolute Gasteiger partial charge is 0.450 e. The number of imide groups is 1. The van der Waals surface area contributed by atoms with Crippen LogP contribution < -0.4 is 4.74 Å². The van der Waals surface area contributed by atoms with Crippen LogP contribution in [0.15, 0.2) is 71.6 Å². The van der Waals surface area contributed by atoms with E-state index in [0.29, 0.717) is 11.1 Å². The van der Waals surface area contributed by atoms with Gasteiger partial charge in [-0.15, -0.1) is 0 Å². The van der Waals surface area contributed by atoms with E-state index >= 15 is 0 Å². The lowest BCUT2D eigenvalue weighted by Crippen LogP contribution is -2.27. The molecule has 37 heavy (non-hydrogen) atoms. The number of nitrogens with zero attached hydrogens (tertiary/aromatic N) is 4. The van der Waals surface area contributed by atoms with Gasteiger partial charge in [-0.3, -0.25) is 44.8 Å². The fourth-order valence-corrected chi connectivity index (χ4v) is 4.14. The highest BCUT2D eigenvalue weighted by atomic mass is 32.2. The summed E-state index contributed by atoms with van der Waals surface area (Å²) in [4.78, 5) is 57.2. The van der Waals surface area contributed by atoms with Gasteiger partial charge in [0.1, 0.15) is 5.75 Å². The summed E-state index contributed by atoms with van der Waals surface area (Å²) in [5.41, 5.74) is -0.0207. The van der Waals surface area contributed by atoms with Crippen molar-refractivity contribution in [3.05, 3.63) is 113 Å². The predicted octanol–water partition coefficient (Wildman–Crippen LogP) is 5.44. The van der Waals surface area contributed by atoms with Gasteiger partial charge in [-0.05, 0) is 47.2 Å². The summed E-state index contributed by atoms with van der Waals surface area (Å²) in [6.45, 7) is -0.0409. The van der Waals surface area contributed by atoms with Gasteiger partial charge in [0.25, 0.3) is 22.5 Å². The van der Waals surface area contributed by atoms with E-state index in [0.717, 1.165) is 34.9 Å². The van der Waals surface area contributed by atoms with Gasteiger partial charge in [0, 0.05) is 18.2 Å². The van der Waals surface area contributed by atoms with E-state index in [9.17, 15) is 39.9 Å². The Morgan fingerprint density at radius 1 is 0.811 bits per heavy atom. The Hall–Kier alpha value is -5.11. The van der Waals surface area contributed by atoms with Crippen LogP contribution in [-0.4, -0.2) is 30.8 Å². The Bertz CT molecular complexity index is 1470. The molecule has 1 aliphatic heterocycles. The normalized spacial score (nSPS) is 14.2. The van der Waals surface area contributed by atoms with Crippen LogP contribution in [0.1, 0.15) is 11.1 Å². The number of thioether (sulfide) groups is 1. The topological polar surface area (TPSA) is 176 Å². The second-order valence-electron chi connectivity index (χ2n) is 7.53. The third kappa shape index (κ3) is 5.59. The molecule has 0 bridgehead atoms. The molecule has 13 nitrogen and oxygen atoms in total. The first-order chi connectivity index (χ1) is 17.6. The number of hydrogen-bond acceptors (Lipinski definition) is 10. The van der Waals surface area contributed by atoms with Gasteiger partial charge >= 0.3 is 5.69 Å². The number of non-ortho nitro benzene ring substituents is 2. The van der Waals surface area contributed by atoms with Crippen LogP contribution in [0, 0.1) is 30.3 Å². The monoisotopic (exact) mass is 522 g/mol. The second-order valence-corrected chi connectivity index (χ2v) is 8.52.